The Hall–Kier alpha value is -2.95. The van der Waals surface area contributed by atoms with Crippen LogP contribution in [0.15, 0.2) is 48.0 Å². The van der Waals surface area contributed by atoms with E-state index in [0.717, 1.165) is 17.8 Å². The number of aromatic nitrogens is 5. The van der Waals surface area contributed by atoms with Crippen LogP contribution in [0.4, 0.5) is 18.9 Å². The van der Waals surface area contributed by atoms with E-state index in [1.807, 2.05) is 6.92 Å². The van der Waals surface area contributed by atoms with Crippen LogP contribution >= 0.6 is 11.8 Å². The first-order valence-corrected chi connectivity index (χ1v) is 9.17. The van der Waals surface area contributed by atoms with Crippen molar-refractivity contribution in [3.8, 4) is 11.5 Å². The Labute approximate surface area is 162 Å². The molecule has 0 unspecified atom stereocenters. The van der Waals surface area contributed by atoms with E-state index in [1.165, 1.54) is 30.6 Å². The van der Waals surface area contributed by atoms with Gasteiger partial charge in [-0.05, 0) is 19.1 Å². The minimum atomic E-state index is -4.55. The van der Waals surface area contributed by atoms with E-state index in [9.17, 15) is 18.0 Å². The van der Waals surface area contributed by atoms with Crippen molar-refractivity contribution >= 4 is 23.4 Å². The van der Waals surface area contributed by atoms with Gasteiger partial charge in [0.15, 0.2) is 11.0 Å². The molecule has 3 aromatic rings. The summed E-state index contributed by atoms with van der Waals surface area (Å²) in [6.45, 7) is 2.41. The third-order valence-electron chi connectivity index (χ3n) is 3.66. The highest BCUT2D eigenvalue weighted by Gasteiger charge is 2.33. The fraction of sp³-hybridized carbons (Fsp3) is 0.235. The second kappa shape index (κ2) is 8.38. The summed E-state index contributed by atoms with van der Waals surface area (Å²) in [6, 6.07) is 4.83. The molecule has 2 heterocycles. The highest BCUT2D eigenvalue weighted by Crippen LogP contribution is 2.34. The lowest BCUT2D eigenvalue weighted by Crippen LogP contribution is -2.18. The summed E-state index contributed by atoms with van der Waals surface area (Å²) in [7, 11) is 0. The second-order valence-electron chi connectivity index (χ2n) is 5.52. The van der Waals surface area contributed by atoms with Gasteiger partial charge >= 0.3 is 6.18 Å². The molecule has 0 saturated carbocycles. The van der Waals surface area contributed by atoms with Crippen LogP contribution in [0, 0.1) is 0 Å². The summed E-state index contributed by atoms with van der Waals surface area (Å²) >= 11 is 1.08. The van der Waals surface area contributed by atoms with Gasteiger partial charge in [0, 0.05) is 18.9 Å². The lowest BCUT2D eigenvalue weighted by Gasteiger charge is -2.13. The average molecular weight is 408 g/mol. The lowest BCUT2D eigenvalue weighted by atomic mass is 10.1. The average Bonchev–Trinajstić information content (AvgIpc) is 3.09. The van der Waals surface area contributed by atoms with E-state index in [-0.39, 0.29) is 11.4 Å². The Kier molecular flexibility index (Phi) is 5.93. The largest absolute Gasteiger partial charge is 0.418 e. The molecule has 3 rings (SSSR count). The molecular weight excluding hydrogens is 393 g/mol. The topological polar surface area (TPSA) is 85.6 Å². The Balaban J connectivity index is 1.70. The summed E-state index contributed by atoms with van der Waals surface area (Å²) in [5, 5.41) is 10.9. The van der Waals surface area contributed by atoms with E-state index in [0.29, 0.717) is 23.2 Å². The second-order valence-corrected chi connectivity index (χ2v) is 6.46. The molecule has 1 aromatic carbocycles. The van der Waals surface area contributed by atoms with Gasteiger partial charge in [-0.3, -0.25) is 9.78 Å². The SMILES string of the molecule is CCn1c(SCC(=O)Nc2ccccc2C(F)(F)F)nnc1-c1cnccn1. The molecule has 146 valence electrons. The molecular formula is C17H15F3N6OS. The zero-order chi connectivity index (χ0) is 20.1. The van der Waals surface area contributed by atoms with E-state index < -0.39 is 17.6 Å². The number of benzene rings is 1. The van der Waals surface area contributed by atoms with Gasteiger partial charge in [0.25, 0.3) is 0 Å². The first-order chi connectivity index (χ1) is 13.4. The molecule has 0 bridgehead atoms. The highest BCUT2D eigenvalue weighted by atomic mass is 32.2. The number of alkyl halides is 3. The fourth-order valence-corrected chi connectivity index (χ4v) is 3.24. The summed E-state index contributed by atoms with van der Waals surface area (Å²) in [6.07, 6.45) is 0.0632. The molecule has 0 aliphatic rings. The maximum atomic E-state index is 13.0. The normalized spacial score (nSPS) is 11.4. The van der Waals surface area contributed by atoms with Crippen LogP contribution in [0.3, 0.4) is 0 Å². The van der Waals surface area contributed by atoms with Crippen molar-refractivity contribution in [1.82, 2.24) is 24.7 Å². The number of hydrogen-bond acceptors (Lipinski definition) is 6. The number of nitrogens with one attached hydrogen (secondary N) is 1. The van der Waals surface area contributed by atoms with E-state index in [4.69, 9.17) is 0 Å². The standard InChI is InChI=1S/C17H15F3N6OS/c1-2-26-15(13-9-21-7-8-22-13)24-25-16(26)28-10-14(27)23-12-6-4-3-5-11(12)17(18,19)20/h3-9H,2,10H2,1H3,(H,23,27). The molecule has 1 amide bonds. The molecule has 1 N–H and O–H groups in total. The number of amides is 1. The van der Waals surface area contributed by atoms with Gasteiger partial charge in [-0.25, -0.2) is 4.98 Å². The van der Waals surface area contributed by atoms with Crippen molar-refractivity contribution in [2.24, 2.45) is 0 Å². The molecule has 11 heteroatoms. The van der Waals surface area contributed by atoms with Gasteiger partial charge in [0.05, 0.1) is 23.2 Å². The number of hydrogen-bond donors (Lipinski definition) is 1. The zero-order valence-corrected chi connectivity index (χ0v) is 15.5. The lowest BCUT2D eigenvalue weighted by molar-refractivity contribution is -0.137. The molecule has 7 nitrogen and oxygen atoms in total. The molecule has 0 aliphatic carbocycles. The van der Waals surface area contributed by atoms with E-state index in [2.05, 4.69) is 25.5 Å². The van der Waals surface area contributed by atoms with Crippen molar-refractivity contribution < 1.29 is 18.0 Å². The molecule has 28 heavy (non-hydrogen) atoms. The fourth-order valence-electron chi connectivity index (χ4n) is 2.44. The van der Waals surface area contributed by atoms with Gasteiger partial charge in [-0.1, -0.05) is 23.9 Å². The summed E-state index contributed by atoms with van der Waals surface area (Å²) in [4.78, 5) is 20.3. The molecule has 0 spiro atoms. The quantitative estimate of drug-likeness (QED) is 0.629. The molecule has 0 fully saturated rings. The number of rotatable bonds is 6. The number of carbonyl (C=O) groups is 1. The van der Waals surface area contributed by atoms with Crippen molar-refractivity contribution in [1.29, 1.82) is 0 Å². The van der Waals surface area contributed by atoms with Crippen LogP contribution < -0.4 is 5.32 Å². The number of para-hydroxylation sites is 1. The van der Waals surface area contributed by atoms with Crippen LogP contribution in [0.25, 0.3) is 11.5 Å². The Bertz CT molecular complexity index is 961. The van der Waals surface area contributed by atoms with Crippen LogP contribution in [0.1, 0.15) is 12.5 Å². The zero-order valence-electron chi connectivity index (χ0n) is 14.6. The minimum Gasteiger partial charge on any atom is -0.325 e. The van der Waals surface area contributed by atoms with Crippen molar-refractivity contribution in [2.45, 2.75) is 24.8 Å². The molecule has 0 aliphatic heterocycles. The number of halogens is 3. The van der Waals surface area contributed by atoms with Gasteiger partial charge in [0.1, 0.15) is 5.69 Å². The van der Waals surface area contributed by atoms with Crippen LogP contribution in [-0.4, -0.2) is 36.4 Å². The maximum Gasteiger partial charge on any atom is 0.418 e. The Morgan fingerprint density at radius 2 is 2.00 bits per heavy atom. The van der Waals surface area contributed by atoms with Crippen LogP contribution in [-0.2, 0) is 17.5 Å². The number of anilines is 1. The predicted octanol–water partition coefficient (Wildman–Crippen LogP) is 3.50. The van der Waals surface area contributed by atoms with Crippen molar-refractivity contribution in [2.75, 3.05) is 11.1 Å². The Morgan fingerprint density at radius 1 is 1.21 bits per heavy atom. The number of thioether (sulfide) groups is 1. The number of nitrogens with zero attached hydrogens (tertiary/aromatic N) is 5. The maximum absolute atomic E-state index is 13.0. The smallest absolute Gasteiger partial charge is 0.325 e. The third-order valence-corrected chi connectivity index (χ3v) is 4.63. The first-order valence-electron chi connectivity index (χ1n) is 8.18. The molecule has 0 atom stereocenters. The van der Waals surface area contributed by atoms with Gasteiger partial charge in [-0.15, -0.1) is 10.2 Å². The van der Waals surface area contributed by atoms with Crippen molar-refractivity contribution in [3.63, 3.8) is 0 Å². The van der Waals surface area contributed by atoms with E-state index in [1.54, 1.807) is 10.8 Å². The summed E-state index contributed by atoms with van der Waals surface area (Å²) < 4.78 is 40.8. The monoisotopic (exact) mass is 408 g/mol. The first kappa shape index (κ1) is 19.8. The van der Waals surface area contributed by atoms with E-state index >= 15 is 0 Å². The molecule has 0 saturated heterocycles. The molecule has 0 radical (unpaired) electrons. The minimum absolute atomic E-state index is 0.120. The third kappa shape index (κ3) is 4.47. The highest BCUT2D eigenvalue weighted by molar-refractivity contribution is 7.99. The van der Waals surface area contributed by atoms with Crippen molar-refractivity contribution in [3.05, 3.63) is 48.4 Å². The Morgan fingerprint density at radius 3 is 2.68 bits per heavy atom. The number of carbonyl (C=O) groups excluding carboxylic acids is 1. The van der Waals surface area contributed by atoms with Crippen LogP contribution in [0.5, 0.6) is 0 Å². The van der Waals surface area contributed by atoms with Gasteiger partial charge in [0.2, 0.25) is 5.91 Å². The van der Waals surface area contributed by atoms with Gasteiger partial charge in [-0.2, -0.15) is 13.2 Å². The summed E-state index contributed by atoms with van der Waals surface area (Å²) in [5.41, 5.74) is -0.639. The van der Waals surface area contributed by atoms with Gasteiger partial charge < -0.3 is 9.88 Å². The molecule has 2 aromatic heterocycles. The predicted molar refractivity (Wildman–Crippen MR) is 97.5 cm³/mol. The summed E-state index contributed by atoms with van der Waals surface area (Å²) in [5.74, 6) is -0.195. The van der Waals surface area contributed by atoms with Crippen LogP contribution in [0.2, 0.25) is 0 Å².